The van der Waals surface area contributed by atoms with E-state index in [2.05, 4.69) is 22.6 Å². The van der Waals surface area contributed by atoms with Crippen molar-refractivity contribution < 1.29 is 24.9 Å². The Labute approximate surface area is 144 Å². The zero-order valence-corrected chi connectivity index (χ0v) is 15.1. The number of hydrogen-bond donors (Lipinski definition) is 4. The van der Waals surface area contributed by atoms with Gasteiger partial charge in [-0.1, -0.05) is 22.6 Å². The molecule has 2 fully saturated rings. The number of hydrogen-bond acceptors (Lipinski definition) is 5. The summed E-state index contributed by atoms with van der Waals surface area (Å²) in [6.07, 6.45) is 3.56. The van der Waals surface area contributed by atoms with Crippen molar-refractivity contribution in [2.75, 3.05) is 20.2 Å². The summed E-state index contributed by atoms with van der Waals surface area (Å²) in [4.78, 5) is 13.7. The molecule has 0 aromatic carbocycles. The highest BCUT2D eigenvalue weighted by molar-refractivity contribution is 14.1. The molecule has 2 rings (SSSR count). The SMILES string of the molecule is COC1CCC(C(=O)C[NH+]2CC(I)CCC2N)CC1[NH+]([O-])O. The van der Waals surface area contributed by atoms with Crippen LogP contribution in [-0.4, -0.2) is 53.4 Å². The molecule has 0 spiro atoms. The summed E-state index contributed by atoms with van der Waals surface area (Å²) < 4.78 is 5.82. The lowest BCUT2D eigenvalue weighted by molar-refractivity contribution is -1.07. The third kappa shape index (κ3) is 4.59. The molecule has 7 unspecified atom stereocenters. The number of ether oxygens (including phenoxy) is 1. The van der Waals surface area contributed by atoms with E-state index < -0.39 is 11.3 Å². The number of carbonyl (C=O) groups is 1. The molecule has 22 heavy (non-hydrogen) atoms. The first kappa shape index (κ1) is 18.5. The van der Waals surface area contributed by atoms with Crippen molar-refractivity contribution in [2.24, 2.45) is 11.7 Å². The van der Waals surface area contributed by atoms with Gasteiger partial charge in [-0.2, -0.15) is 0 Å². The number of nitrogens with one attached hydrogen (secondary N) is 2. The third-order valence-corrected chi connectivity index (χ3v) is 6.13. The number of alkyl halides is 1. The van der Waals surface area contributed by atoms with E-state index in [9.17, 15) is 15.2 Å². The van der Waals surface area contributed by atoms with Crippen LogP contribution in [-0.2, 0) is 9.53 Å². The van der Waals surface area contributed by atoms with Crippen LogP contribution < -0.4 is 15.9 Å². The average Bonchev–Trinajstić information content (AvgIpc) is 2.50. The molecule has 128 valence electrons. The van der Waals surface area contributed by atoms with Crippen LogP contribution in [0, 0.1) is 11.1 Å². The van der Waals surface area contributed by atoms with Gasteiger partial charge in [0.25, 0.3) is 0 Å². The van der Waals surface area contributed by atoms with Gasteiger partial charge in [0.15, 0.2) is 5.78 Å². The van der Waals surface area contributed by atoms with Gasteiger partial charge >= 0.3 is 0 Å². The molecule has 0 bridgehead atoms. The van der Waals surface area contributed by atoms with E-state index in [1.54, 1.807) is 7.11 Å². The van der Waals surface area contributed by atoms with Gasteiger partial charge in [0.1, 0.15) is 24.9 Å². The van der Waals surface area contributed by atoms with Crippen LogP contribution in [0.4, 0.5) is 0 Å². The lowest BCUT2D eigenvalue weighted by atomic mass is 9.81. The van der Waals surface area contributed by atoms with Crippen molar-refractivity contribution in [3.05, 3.63) is 5.21 Å². The van der Waals surface area contributed by atoms with E-state index in [0.29, 0.717) is 23.3 Å². The van der Waals surface area contributed by atoms with Crippen LogP contribution in [0.15, 0.2) is 0 Å². The number of Topliss-reactive ketones (excluding diaryl/α,β-unsaturated/α-hetero) is 1. The van der Waals surface area contributed by atoms with Crippen molar-refractivity contribution in [3.63, 3.8) is 0 Å². The number of hydroxylamine groups is 2. The summed E-state index contributed by atoms with van der Waals surface area (Å²) in [5.41, 5.74) is 6.13. The Morgan fingerprint density at radius 1 is 1.45 bits per heavy atom. The highest BCUT2D eigenvalue weighted by atomic mass is 127. The van der Waals surface area contributed by atoms with Gasteiger partial charge in [0, 0.05) is 25.9 Å². The van der Waals surface area contributed by atoms with E-state index >= 15 is 0 Å². The van der Waals surface area contributed by atoms with E-state index in [1.165, 1.54) is 0 Å². The predicted molar refractivity (Wildman–Crippen MR) is 88.8 cm³/mol. The number of rotatable bonds is 5. The Morgan fingerprint density at radius 3 is 2.82 bits per heavy atom. The zero-order valence-electron chi connectivity index (χ0n) is 13.0. The summed E-state index contributed by atoms with van der Waals surface area (Å²) in [6, 6.07) is -0.574. The van der Waals surface area contributed by atoms with Crippen molar-refractivity contribution in [1.29, 1.82) is 0 Å². The van der Waals surface area contributed by atoms with Crippen LogP contribution in [0.3, 0.4) is 0 Å². The number of halogens is 1. The molecule has 0 amide bonds. The fourth-order valence-corrected chi connectivity index (χ4v) is 4.58. The van der Waals surface area contributed by atoms with Crippen molar-refractivity contribution in [3.8, 4) is 0 Å². The monoisotopic (exact) mass is 428 g/mol. The lowest BCUT2D eigenvalue weighted by Gasteiger charge is -2.37. The molecule has 0 radical (unpaired) electrons. The van der Waals surface area contributed by atoms with Gasteiger partial charge < -0.3 is 14.8 Å². The topological polar surface area (TPSA) is 104 Å². The molecule has 2 aliphatic rings. The maximum absolute atomic E-state index is 12.6. The summed E-state index contributed by atoms with van der Waals surface area (Å²) >= 11 is 2.42. The van der Waals surface area contributed by atoms with E-state index in [0.717, 1.165) is 30.7 Å². The van der Waals surface area contributed by atoms with Gasteiger partial charge in [-0.15, -0.1) is 0 Å². The second-order valence-corrected chi connectivity index (χ2v) is 8.28. The molecular weight excluding hydrogens is 401 g/mol. The molecular formula is C14H27IN3O4+. The fraction of sp³-hybridized carbons (Fsp3) is 0.929. The minimum Gasteiger partial charge on any atom is -0.600 e. The summed E-state index contributed by atoms with van der Waals surface area (Å²) in [5, 5.41) is 19.8. The van der Waals surface area contributed by atoms with Crippen LogP contribution in [0.25, 0.3) is 0 Å². The minimum atomic E-state index is -0.862. The number of piperidine rings is 1. The van der Waals surface area contributed by atoms with Gasteiger partial charge in [0.05, 0.1) is 10.5 Å². The molecule has 7 atom stereocenters. The van der Waals surface area contributed by atoms with Gasteiger partial charge in [-0.05, 0) is 19.3 Å². The maximum atomic E-state index is 12.6. The molecule has 7 nitrogen and oxygen atoms in total. The highest BCUT2D eigenvalue weighted by Gasteiger charge is 2.40. The Kier molecular flexibility index (Phi) is 6.99. The molecule has 8 heteroatoms. The molecule has 5 N–H and O–H groups in total. The number of nitrogens with two attached hydrogens (primary N) is 1. The smallest absolute Gasteiger partial charge is 0.190 e. The van der Waals surface area contributed by atoms with Crippen molar-refractivity contribution in [2.45, 2.75) is 54.3 Å². The minimum absolute atomic E-state index is 0.0283. The van der Waals surface area contributed by atoms with Crippen LogP contribution in [0.1, 0.15) is 32.1 Å². The van der Waals surface area contributed by atoms with Gasteiger partial charge in [0.2, 0.25) is 0 Å². The van der Waals surface area contributed by atoms with Crippen LogP contribution in [0.2, 0.25) is 0 Å². The Bertz CT molecular complexity index is 385. The second-order valence-electron chi connectivity index (χ2n) is 6.52. The lowest BCUT2D eigenvalue weighted by Crippen LogP contribution is -3.20. The number of methoxy groups -OCH3 is 1. The van der Waals surface area contributed by atoms with E-state index in [-0.39, 0.29) is 24.0 Å². The van der Waals surface area contributed by atoms with Gasteiger partial charge in [-0.25, -0.2) is 10.4 Å². The van der Waals surface area contributed by atoms with E-state index in [1.807, 2.05) is 0 Å². The first-order valence-corrected chi connectivity index (χ1v) is 9.19. The molecule has 1 saturated heterocycles. The largest absolute Gasteiger partial charge is 0.600 e. The quantitative estimate of drug-likeness (QED) is 0.237. The van der Waals surface area contributed by atoms with Crippen molar-refractivity contribution >= 4 is 28.4 Å². The normalized spacial score (nSPS) is 41.1. The van der Waals surface area contributed by atoms with Crippen LogP contribution >= 0.6 is 22.6 Å². The predicted octanol–water partition coefficient (Wildman–Crippen LogP) is -1.72. The standard InChI is InChI=1S/C14H26IN3O4/c1-22-13-4-2-9(6-11(13)18(20)21)12(19)8-17-7-10(15)3-5-14(17)16/h9-11,13-14,18,20H,2-8,16H2,1H3/p+1. The first-order chi connectivity index (χ1) is 10.4. The molecule has 0 aromatic heterocycles. The number of quaternary nitrogens is 2. The van der Waals surface area contributed by atoms with Crippen LogP contribution in [0.5, 0.6) is 0 Å². The number of ketones is 1. The molecule has 1 aliphatic heterocycles. The summed E-state index contributed by atoms with van der Waals surface area (Å²) in [6.45, 7) is 1.35. The summed E-state index contributed by atoms with van der Waals surface area (Å²) in [7, 11) is 1.54. The van der Waals surface area contributed by atoms with Crippen molar-refractivity contribution in [1.82, 2.24) is 0 Å². The zero-order chi connectivity index (χ0) is 16.3. The number of likely N-dealkylation sites (tertiary alicyclic amines) is 1. The highest BCUT2D eigenvalue weighted by Crippen LogP contribution is 2.25. The van der Waals surface area contributed by atoms with Gasteiger partial charge in [-0.3, -0.25) is 10.5 Å². The fourth-order valence-electron chi connectivity index (χ4n) is 3.65. The van der Waals surface area contributed by atoms with E-state index in [4.69, 9.17) is 10.5 Å². The Hall–Kier alpha value is 0.160. The maximum Gasteiger partial charge on any atom is 0.190 e. The second kappa shape index (κ2) is 8.32. The Balaban J connectivity index is 1.92. The number of carbonyl (C=O) groups excluding carboxylic acids is 1. The third-order valence-electron chi connectivity index (χ3n) is 5.06. The summed E-state index contributed by atoms with van der Waals surface area (Å²) in [5.74, 6) is -0.00135. The molecule has 1 heterocycles. The molecule has 1 saturated carbocycles. The average molecular weight is 428 g/mol. The Morgan fingerprint density at radius 2 is 2.18 bits per heavy atom. The molecule has 0 aromatic rings. The first-order valence-electron chi connectivity index (χ1n) is 7.95. The molecule has 1 aliphatic carbocycles.